The van der Waals surface area contributed by atoms with Gasteiger partial charge >= 0.3 is 0 Å². The Balaban J connectivity index is 0.00000220. The minimum Gasteiger partial charge on any atom is -0.337 e. The molecule has 1 aromatic rings. The molecule has 1 aromatic carbocycles. The summed E-state index contributed by atoms with van der Waals surface area (Å²) in [6.45, 7) is 3.20. The predicted octanol–water partition coefficient (Wildman–Crippen LogP) is 1.36. The molecule has 1 N–H and O–H groups in total. The molecule has 0 saturated carbocycles. The van der Waals surface area contributed by atoms with Crippen molar-refractivity contribution in [1.29, 1.82) is 0 Å². The second-order valence-corrected chi connectivity index (χ2v) is 5.51. The van der Waals surface area contributed by atoms with Crippen LogP contribution in [0, 0.1) is 11.7 Å². The highest BCUT2D eigenvalue weighted by atomic mass is 35.5. The van der Waals surface area contributed by atoms with Crippen LogP contribution in [0.2, 0.25) is 0 Å². The normalized spacial score (nSPS) is 14.5. The van der Waals surface area contributed by atoms with Gasteiger partial charge in [0.1, 0.15) is 5.82 Å². The summed E-state index contributed by atoms with van der Waals surface area (Å²) in [5.74, 6) is -0.0836. The van der Waals surface area contributed by atoms with Gasteiger partial charge in [0.05, 0.1) is 5.92 Å². The Morgan fingerprint density at radius 3 is 2.48 bits per heavy atom. The Labute approximate surface area is 131 Å². The molecule has 1 heterocycles. The first-order valence-electron chi connectivity index (χ1n) is 6.95. The van der Waals surface area contributed by atoms with E-state index < -0.39 is 0 Å². The van der Waals surface area contributed by atoms with Gasteiger partial charge in [0.2, 0.25) is 5.91 Å². The van der Waals surface area contributed by atoms with Gasteiger partial charge in [-0.2, -0.15) is 0 Å². The lowest BCUT2D eigenvalue weighted by Crippen LogP contribution is -2.52. The van der Waals surface area contributed by atoms with Gasteiger partial charge in [0.25, 0.3) is 0 Å². The molecule has 0 spiro atoms. The van der Waals surface area contributed by atoms with E-state index in [9.17, 15) is 9.18 Å². The largest absolute Gasteiger partial charge is 0.337 e. The second-order valence-electron chi connectivity index (χ2n) is 5.51. The molecule has 0 atom stereocenters. The van der Waals surface area contributed by atoms with Gasteiger partial charge in [-0.15, -0.1) is 12.4 Å². The molecule has 0 unspecified atom stereocenters. The Morgan fingerprint density at radius 2 is 1.95 bits per heavy atom. The van der Waals surface area contributed by atoms with Gasteiger partial charge in [0.15, 0.2) is 0 Å². The van der Waals surface area contributed by atoms with E-state index in [4.69, 9.17) is 0 Å². The molecule has 0 bridgehead atoms. The zero-order chi connectivity index (χ0) is 14.5. The van der Waals surface area contributed by atoms with Crippen molar-refractivity contribution in [2.24, 2.45) is 5.92 Å². The number of nitrogens with zero attached hydrogens (tertiary/aromatic N) is 2. The lowest BCUT2D eigenvalue weighted by atomic mass is 10.0. The number of hydrogen-bond donors (Lipinski definition) is 1. The molecule has 0 aromatic heterocycles. The molecular weight excluding hydrogens is 293 g/mol. The van der Waals surface area contributed by atoms with Crippen molar-refractivity contribution in [3.05, 3.63) is 35.6 Å². The van der Waals surface area contributed by atoms with Crippen LogP contribution in [0.4, 0.5) is 4.39 Å². The van der Waals surface area contributed by atoms with Crippen molar-refractivity contribution in [3.63, 3.8) is 0 Å². The molecule has 1 fully saturated rings. The van der Waals surface area contributed by atoms with Crippen LogP contribution in [0.1, 0.15) is 5.56 Å². The maximum atomic E-state index is 13.7. The van der Waals surface area contributed by atoms with E-state index in [2.05, 4.69) is 5.32 Å². The van der Waals surface area contributed by atoms with Gasteiger partial charge in [0, 0.05) is 38.3 Å². The van der Waals surface area contributed by atoms with Gasteiger partial charge in [-0.1, -0.05) is 18.2 Å². The summed E-state index contributed by atoms with van der Waals surface area (Å²) in [6, 6.07) is 6.65. The summed E-state index contributed by atoms with van der Waals surface area (Å²) in [5.41, 5.74) is 0.576. The van der Waals surface area contributed by atoms with Crippen LogP contribution in [0.15, 0.2) is 24.3 Å². The summed E-state index contributed by atoms with van der Waals surface area (Å²) in [5, 5.41) is 3.11. The van der Waals surface area contributed by atoms with E-state index in [0.717, 1.165) is 19.6 Å². The maximum absolute atomic E-state index is 13.7. The van der Waals surface area contributed by atoms with E-state index in [1.807, 2.05) is 19.0 Å². The minimum absolute atomic E-state index is 0. The van der Waals surface area contributed by atoms with Crippen LogP contribution in [0.3, 0.4) is 0 Å². The fourth-order valence-electron chi connectivity index (χ4n) is 2.14. The third-order valence-electron chi connectivity index (χ3n) is 3.58. The van der Waals surface area contributed by atoms with E-state index in [0.29, 0.717) is 18.7 Å². The van der Waals surface area contributed by atoms with E-state index >= 15 is 0 Å². The zero-order valence-electron chi connectivity index (χ0n) is 12.5. The van der Waals surface area contributed by atoms with Crippen LogP contribution in [0.5, 0.6) is 0 Å². The third kappa shape index (κ3) is 4.95. The number of hydrogen-bond acceptors (Lipinski definition) is 3. The standard InChI is InChI=1S/C15H22FN3O.ClH/c1-18(2)7-8-19(15(20)13-9-17-10-13)11-12-5-3-4-6-14(12)16;/h3-6,13,17H,7-11H2,1-2H3;1H. The topological polar surface area (TPSA) is 35.6 Å². The quantitative estimate of drug-likeness (QED) is 0.861. The van der Waals surface area contributed by atoms with Crippen molar-refractivity contribution in [2.75, 3.05) is 40.3 Å². The molecule has 1 saturated heterocycles. The predicted molar refractivity (Wildman–Crippen MR) is 84.0 cm³/mol. The fraction of sp³-hybridized carbons (Fsp3) is 0.533. The number of benzene rings is 1. The van der Waals surface area contributed by atoms with E-state index in [-0.39, 0.29) is 30.0 Å². The van der Waals surface area contributed by atoms with Crippen molar-refractivity contribution in [2.45, 2.75) is 6.54 Å². The zero-order valence-corrected chi connectivity index (χ0v) is 13.3. The summed E-state index contributed by atoms with van der Waals surface area (Å²) < 4.78 is 13.7. The first-order chi connectivity index (χ1) is 9.58. The number of halogens is 2. The number of nitrogens with one attached hydrogen (secondary N) is 1. The van der Waals surface area contributed by atoms with Crippen molar-refractivity contribution >= 4 is 18.3 Å². The van der Waals surface area contributed by atoms with Crippen LogP contribution >= 0.6 is 12.4 Å². The molecule has 6 heteroatoms. The molecule has 0 radical (unpaired) electrons. The number of likely N-dealkylation sites (N-methyl/N-ethyl adjacent to an activating group) is 1. The fourth-order valence-corrected chi connectivity index (χ4v) is 2.14. The summed E-state index contributed by atoms with van der Waals surface area (Å²) in [4.78, 5) is 16.2. The number of amides is 1. The van der Waals surface area contributed by atoms with Crippen molar-refractivity contribution in [1.82, 2.24) is 15.1 Å². The van der Waals surface area contributed by atoms with Crippen LogP contribution in [-0.2, 0) is 11.3 Å². The molecule has 1 aliphatic rings. The Morgan fingerprint density at radius 1 is 1.29 bits per heavy atom. The number of rotatable bonds is 6. The lowest BCUT2D eigenvalue weighted by molar-refractivity contribution is -0.137. The highest BCUT2D eigenvalue weighted by Gasteiger charge is 2.29. The SMILES string of the molecule is CN(C)CCN(Cc1ccccc1F)C(=O)C1CNC1.Cl. The second kappa shape index (κ2) is 8.32. The molecule has 4 nitrogen and oxygen atoms in total. The first kappa shape index (κ1) is 17.9. The van der Waals surface area contributed by atoms with Crippen LogP contribution in [-0.4, -0.2) is 56.0 Å². The molecule has 0 aliphatic carbocycles. The Bertz CT molecular complexity index is 466. The van der Waals surface area contributed by atoms with Gasteiger partial charge < -0.3 is 15.1 Å². The Kier molecular flexibility index (Phi) is 7.08. The monoisotopic (exact) mass is 315 g/mol. The summed E-state index contributed by atoms with van der Waals surface area (Å²) in [7, 11) is 3.94. The molecule has 1 aliphatic heterocycles. The average molecular weight is 316 g/mol. The molecule has 118 valence electrons. The molecule has 21 heavy (non-hydrogen) atoms. The maximum Gasteiger partial charge on any atom is 0.228 e. The molecule has 1 amide bonds. The Hall–Kier alpha value is -1.17. The van der Waals surface area contributed by atoms with Gasteiger partial charge in [-0.05, 0) is 20.2 Å². The van der Waals surface area contributed by atoms with E-state index in [1.165, 1.54) is 6.07 Å². The third-order valence-corrected chi connectivity index (χ3v) is 3.58. The van der Waals surface area contributed by atoms with Crippen molar-refractivity contribution in [3.8, 4) is 0 Å². The van der Waals surface area contributed by atoms with Crippen LogP contribution < -0.4 is 5.32 Å². The average Bonchev–Trinajstić information content (AvgIpc) is 2.34. The van der Waals surface area contributed by atoms with Crippen LogP contribution in [0.25, 0.3) is 0 Å². The highest BCUT2D eigenvalue weighted by molar-refractivity contribution is 5.85. The number of carbonyl (C=O) groups excluding carboxylic acids is 1. The van der Waals surface area contributed by atoms with E-state index in [1.54, 1.807) is 23.1 Å². The summed E-state index contributed by atoms with van der Waals surface area (Å²) in [6.07, 6.45) is 0. The minimum atomic E-state index is -0.248. The smallest absolute Gasteiger partial charge is 0.228 e. The van der Waals surface area contributed by atoms with Gasteiger partial charge in [-0.25, -0.2) is 4.39 Å². The first-order valence-corrected chi connectivity index (χ1v) is 6.95. The van der Waals surface area contributed by atoms with Crippen molar-refractivity contribution < 1.29 is 9.18 Å². The number of carbonyl (C=O) groups is 1. The lowest BCUT2D eigenvalue weighted by Gasteiger charge is -2.33. The highest BCUT2D eigenvalue weighted by Crippen LogP contribution is 2.14. The van der Waals surface area contributed by atoms with Gasteiger partial charge in [-0.3, -0.25) is 4.79 Å². The molecular formula is C15H23ClFN3O. The summed E-state index contributed by atoms with van der Waals surface area (Å²) >= 11 is 0. The molecule has 2 rings (SSSR count).